The van der Waals surface area contributed by atoms with Crippen LogP contribution in [0.4, 0.5) is 15.9 Å². The van der Waals surface area contributed by atoms with E-state index in [0.717, 1.165) is 16.5 Å². The molecule has 3 N–H and O–H groups in total. The second kappa shape index (κ2) is 10.4. The van der Waals surface area contributed by atoms with Crippen LogP contribution in [0.2, 0.25) is 0 Å². The third kappa shape index (κ3) is 5.19. The molecule has 0 saturated heterocycles. The predicted octanol–water partition coefficient (Wildman–Crippen LogP) is 2.00. The highest BCUT2D eigenvalue weighted by molar-refractivity contribution is 6.05. The molecule has 8 nitrogen and oxygen atoms in total. The van der Waals surface area contributed by atoms with Crippen LogP contribution in [0.15, 0.2) is 70.3 Å². The van der Waals surface area contributed by atoms with Gasteiger partial charge in [0.2, 0.25) is 0 Å². The Morgan fingerprint density at radius 1 is 1.16 bits per heavy atom. The summed E-state index contributed by atoms with van der Waals surface area (Å²) in [6, 6.07) is 15.0. The first-order chi connectivity index (χ1) is 15.4. The van der Waals surface area contributed by atoms with Crippen molar-refractivity contribution in [3.63, 3.8) is 0 Å². The van der Waals surface area contributed by atoms with Gasteiger partial charge in [-0.3, -0.25) is 24.0 Å². The quantitative estimate of drug-likeness (QED) is 0.523. The Morgan fingerprint density at radius 3 is 2.53 bits per heavy atom. The average Bonchev–Trinajstić information content (AvgIpc) is 2.78. The van der Waals surface area contributed by atoms with Crippen molar-refractivity contribution in [3.8, 4) is 0 Å². The summed E-state index contributed by atoms with van der Waals surface area (Å²) in [6.45, 7) is 0.205. The van der Waals surface area contributed by atoms with Crippen molar-refractivity contribution in [1.29, 1.82) is 0 Å². The molecule has 0 aliphatic rings. The van der Waals surface area contributed by atoms with Gasteiger partial charge >= 0.3 is 5.69 Å². The highest BCUT2D eigenvalue weighted by atomic mass is 19.1. The largest absolute Gasteiger partial charge is 0.383 e. The lowest BCUT2D eigenvalue weighted by molar-refractivity contribution is -0.114. The molecule has 0 fully saturated rings. The van der Waals surface area contributed by atoms with Gasteiger partial charge in [-0.15, -0.1) is 0 Å². The number of halogens is 1. The topological polar surface area (TPSA) is 110 Å². The van der Waals surface area contributed by atoms with E-state index in [1.807, 2.05) is 30.3 Å². The molecule has 3 rings (SSSR count). The van der Waals surface area contributed by atoms with E-state index in [4.69, 9.17) is 10.5 Å². The summed E-state index contributed by atoms with van der Waals surface area (Å²) in [7, 11) is 1.45. The molecule has 2 aromatic carbocycles. The van der Waals surface area contributed by atoms with E-state index in [1.54, 1.807) is 6.07 Å². The zero-order valence-corrected chi connectivity index (χ0v) is 17.5. The minimum absolute atomic E-state index is 0.00618. The molecule has 1 heterocycles. The maximum atomic E-state index is 13.9. The van der Waals surface area contributed by atoms with Crippen LogP contribution in [-0.4, -0.2) is 35.7 Å². The minimum atomic E-state index is -0.805. The lowest BCUT2D eigenvalue weighted by Gasteiger charge is -2.23. The van der Waals surface area contributed by atoms with Crippen molar-refractivity contribution >= 4 is 23.5 Å². The van der Waals surface area contributed by atoms with Crippen LogP contribution >= 0.6 is 0 Å². The Hall–Kier alpha value is -3.98. The molecule has 9 heteroatoms. The summed E-state index contributed by atoms with van der Waals surface area (Å²) in [5, 5.41) is 0. The van der Waals surface area contributed by atoms with Crippen molar-refractivity contribution in [1.82, 2.24) is 9.55 Å². The molecule has 0 bridgehead atoms. The molecule has 0 saturated carbocycles. The van der Waals surface area contributed by atoms with Crippen LogP contribution in [0.5, 0.6) is 0 Å². The summed E-state index contributed by atoms with van der Waals surface area (Å²) < 4.78 is 20.1. The SMILES string of the molecule is COCCN(C(=O)/C=C/c1ccccc1F)c1c(N)n(Cc2ccccc2)c(=O)[nH]c1=O. The predicted molar refractivity (Wildman–Crippen MR) is 121 cm³/mol. The van der Waals surface area contributed by atoms with E-state index >= 15 is 0 Å². The monoisotopic (exact) mass is 438 g/mol. The number of carbonyl (C=O) groups excluding carboxylic acids is 1. The second-order valence-electron chi connectivity index (χ2n) is 6.90. The molecule has 166 valence electrons. The van der Waals surface area contributed by atoms with Crippen LogP contribution in [-0.2, 0) is 16.1 Å². The highest BCUT2D eigenvalue weighted by Gasteiger charge is 2.23. The Kier molecular flexibility index (Phi) is 7.35. The second-order valence-corrected chi connectivity index (χ2v) is 6.90. The van der Waals surface area contributed by atoms with Crippen LogP contribution in [0.1, 0.15) is 11.1 Å². The smallest absolute Gasteiger partial charge is 0.330 e. The maximum Gasteiger partial charge on any atom is 0.330 e. The fourth-order valence-corrected chi connectivity index (χ4v) is 3.14. The van der Waals surface area contributed by atoms with Crippen LogP contribution in [0.25, 0.3) is 6.08 Å². The Bertz CT molecular complexity index is 1230. The molecule has 0 aliphatic heterocycles. The number of methoxy groups -OCH3 is 1. The molecule has 0 spiro atoms. The number of ether oxygens (including phenoxy) is 1. The number of anilines is 2. The van der Waals surface area contributed by atoms with Gasteiger partial charge in [-0.25, -0.2) is 9.18 Å². The Balaban J connectivity index is 2.02. The number of amides is 1. The first kappa shape index (κ1) is 22.7. The lowest BCUT2D eigenvalue weighted by Crippen LogP contribution is -2.42. The van der Waals surface area contributed by atoms with E-state index in [0.29, 0.717) is 0 Å². The summed E-state index contributed by atoms with van der Waals surface area (Å²) in [5.74, 6) is -1.27. The van der Waals surface area contributed by atoms with Crippen molar-refractivity contribution in [3.05, 3.63) is 98.5 Å². The van der Waals surface area contributed by atoms with E-state index in [-0.39, 0.29) is 36.8 Å². The normalized spacial score (nSPS) is 11.1. The molecule has 3 aromatic rings. The molecule has 1 amide bonds. The summed E-state index contributed by atoms with van der Waals surface area (Å²) in [4.78, 5) is 41.3. The third-order valence-corrected chi connectivity index (χ3v) is 4.76. The molecule has 32 heavy (non-hydrogen) atoms. The molecule has 0 radical (unpaired) electrons. The van der Waals surface area contributed by atoms with Gasteiger partial charge in [-0.1, -0.05) is 48.5 Å². The number of hydrogen-bond donors (Lipinski definition) is 2. The van der Waals surface area contributed by atoms with Gasteiger partial charge in [0, 0.05) is 25.3 Å². The third-order valence-electron chi connectivity index (χ3n) is 4.76. The number of hydrogen-bond acceptors (Lipinski definition) is 5. The first-order valence-electron chi connectivity index (χ1n) is 9.82. The molecular formula is C23H23FN4O4. The standard InChI is InChI=1S/C23H23FN4O4/c1-32-14-13-27(19(29)12-11-17-9-5-6-10-18(17)24)20-21(25)28(23(31)26-22(20)30)15-16-7-3-2-4-8-16/h2-12H,13-15,25H2,1H3,(H,26,30,31)/b12-11+. The number of aromatic amines is 1. The van der Waals surface area contributed by atoms with Gasteiger partial charge in [-0.2, -0.15) is 0 Å². The molecule has 0 atom stereocenters. The van der Waals surface area contributed by atoms with Crippen LogP contribution < -0.4 is 21.9 Å². The van der Waals surface area contributed by atoms with Gasteiger partial charge < -0.3 is 10.5 Å². The Morgan fingerprint density at radius 2 is 1.84 bits per heavy atom. The number of nitrogens with zero attached hydrogens (tertiary/aromatic N) is 2. The van der Waals surface area contributed by atoms with E-state index in [2.05, 4.69) is 4.98 Å². The van der Waals surface area contributed by atoms with Crippen LogP contribution in [0, 0.1) is 5.82 Å². The van der Waals surface area contributed by atoms with Crippen LogP contribution in [0.3, 0.4) is 0 Å². The molecule has 0 aliphatic carbocycles. The van der Waals surface area contributed by atoms with Gasteiger partial charge in [-0.05, 0) is 17.7 Å². The number of rotatable bonds is 8. The number of nitrogens with two attached hydrogens (primary N) is 1. The van der Waals surface area contributed by atoms with Gasteiger partial charge in [0.05, 0.1) is 13.2 Å². The highest BCUT2D eigenvalue weighted by Crippen LogP contribution is 2.19. The zero-order valence-electron chi connectivity index (χ0n) is 17.5. The molecular weight excluding hydrogens is 415 g/mol. The van der Waals surface area contributed by atoms with Crippen molar-refractivity contribution in [2.24, 2.45) is 0 Å². The van der Waals surface area contributed by atoms with Gasteiger partial charge in [0.15, 0.2) is 5.69 Å². The van der Waals surface area contributed by atoms with Crippen molar-refractivity contribution in [2.45, 2.75) is 6.54 Å². The number of carbonyl (C=O) groups is 1. The number of H-pyrrole nitrogens is 1. The molecule has 0 unspecified atom stereocenters. The maximum absolute atomic E-state index is 13.9. The molecule has 1 aromatic heterocycles. The number of benzene rings is 2. The number of nitrogens with one attached hydrogen (secondary N) is 1. The van der Waals surface area contributed by atoms with Gasteiger partial charge in [0.1, 0.15) is 11.6 Å². The van der Waals surface area contributed by atoms with Crippen molar-refractivity contribution in [2.75, 3.05) is 30.9 Å². The zero-order chi connectivity index (χ0) is 23.1. The minimum Gasteiger partial charge on any atom is -0.383 e. The average molecular weight is 438 g/mol. The summed E-state index contributed by atoms with van der Waals surface area (Å²) >= 11 is 0. The van der Waals surface area contributed by atoms with E-state index in [1.165, 1.54) is 36.0 Å². The fraction of sp³-hybridized carbons (Fsp3) is 0.174. The first-order valence-corrected chi connectivity index (χ1v) is 9.82. The Labute approximate surface area is 183 Å². The number of aromatic nitrogens is 2. The van der Waals surface area contributed by atoms with Gasteiger partial charge in [0.25, 0.3) is 11.5 Å². The van der Waals surface area contributed by atoms with E-state index in [9.17, 15) is 18.8 Å². The van der Waals surface area contributed by atoms with E-state index < -0.39 is 23.0 Å². The number of nitrogen functional groups attached to an aromatic ring is 1. The summed E-state index contributed by atoms with van der Waals surface area (Å²) in [5.41, 5.74) is 5.52. The summed E-state index contributed by atoms with van der Waals surface area (Å²) in [6.07, 6.45) is 2.45. The lowest BCUT2D eigenvalue weighted by atomic mass is 10.2. The fourth-order valence-electron chi connectivity index (χ4n) is 3.14. The van der Waals surface area contributed by atoms with Crippen molar-refractivity contribution < 1.29 is 13.9 Å².